The van der Waals surface area contributed by atoms with E-state index in [-0.39, 0.29) is 0 Å². The highest BCUT2D eigenvalue weighted by atomic mass is 14.9. The van der Waals surface area contributed by atoms with Crippen LogP contribution >= 0.6 is 0 Å². The fraction of sp³-hybridized carbons (Fsp3) is 0.773. The molecule has 1 nitrogen and oxygen atoms in total. The van der Waals surface area contributed by atoms with Gasteiger partial charge >= 0.3 is 0 Å². The van der Waals surface area contributed by atoms with Gasteiger partial charge in [0.05, 0.1) is 0 Å². The molecule has 0 bridgehead atoms. The van der Waals surface area contributed by atoms with Crippen LogP contribution in [0.4, 0.5) is 0 Å². The van der Waals surface area contributed by atoms with E-state index in [0.717, 1.165) is 0 Å². The van der Waals surface area contributed by atoms with E-state index in [0.29, 0.717) is 5.92 Å². The second-order valence-corrected chi connectivity index (χ2v) is 7.42. The van der Waals surface area contributed by atoms with E-state index in [2.05, 4.69) is 49.9 Å². The molecule has 0 unspecified atom stereocenters. The topological polar surface area (TPSA) is 3.88 Å². The molecule has 0 N–H and O–H groups in total. The molecule has 1 rings (SSSR count). The van der Waals surface area contributed by atoms with Gasteiger partial charge in [0.15, 0.2) is 12.4 Å². The van der Waals surface area contributed by atoms with Crippen molar-refractivity contribution in [3.8, 4) is 0 Å². The smallest absolute Gasteiger partial charge is 0.172 e. The predicted octanol–water partition coefficient (Wildman–Crippen LogP) is 6.80. The van der Waals surface area contributed by atoms with Gasteiger partial charge < -0.3 is 0 Å². The zero-order valence-corrected chi connectivity index (χ0v) is 16.0. The van der Waals surface area contributed by atoms with Crippen LogP contribution in [0.15, 0.2) is 24.5 Å². The standard InChI is InChI=1S/C22H40N/c1-4-5-6-7-8-9-10-11-12-13-14-15-18-23-19-16-17-22(20-23)21(2)3/h16-17,19-21H,4-15,18H2,1-3H3/q+1. The van der Waals surface area contributed by atoms with Crippen LogP contribution in [0.3, 0.4) is 0 Å². The zero-order chi connectivity index (χ0) is 16.8. The molecule has 1 aromatic heterocycles. The molecule has 0 spiro atoms. The van der Waals surface area contributed by atoms with Crippen LogP contribution in [0.25, 0.3) is 0 Å². The third-order valence-electron chi connectivity index (χ3n) is 4.82. The minimum atomic E-state index is 0.629. The molecular formula is C22H40N+. The molecule has 1 heteroatoms. The Kier molecular flexibility index (Phi) is 11.9. The first-order valence-electron chi connectivity index (χ1n) is 10.2. The third-order valence-corrected chi connectivity index (χ3v) is 4.82. The predicted molar refractivity (Wildman–Crippen MR) is 102 cm³/mol. The van der Waals surface area contributed by atoms with E-state index in [4.69, 9.17) is 0 Å². The van der Waals surface area contributed by atoms with Gasteiger partial charge in [0.2, 0.25) is 0 Å². The number of pyridine rings is 1. The van der Waals surface area contributed by atoms with Crippen LogP contribution in [0, 0.1) is 0 Å². The highest BCUT2D eigenvalue weighted by Gasteiger charge is 2.05. The van der Waals surface area contributed by atoms with Gasteiger partial charge in [-0.25, -0.2) is 4.57 Å². The lowest BCUT2D eigenvalue weighted by molar-refractivity contribution is -0.697. The van der Waals surface area contributed by atoms with Crippen molar-refractivity contribution in [2.45, 2.75) is 110 Å². The maximum Gasteiger partial charge on any atom is 0.172 e. The molecule has 0 aliphatic rings. The van der Waals surface area contributed by atoms with Crippen LogP contribution in [-0.2, 0) is 6.54 Å². The second kappa shape index (κ2) is 13.6. The fourth-order valence-electron chi connectivity index (χ4n) is 3.16. The number of unbranched alkanes of at least 4 members (excludes halogenated alkanes) is 11. The SMILES string of the molecule is CCCCCCCCCCCCCC[n+]1cccc(C(C)C)c1. The van der Waals surface area contributed by atoms with Crippen molar-refractivity contribution in [2.24, 2.45) is 0 Å². The largest absolute Gasteiger partial charge is 0.205 e. The number of hydrogen-bond acceptors (Lipinski definition) is 0. The quantitative estimate of drug-likeness (QED) is 0.262. The van der Waals surface area contributed by atoms with Crippen molar-refractivity contribution in [1.29, 1.82) is 0 Å². The van der Waals surface area contributed by atoms with E-state index in [1.54, 1.807) is 0 Å². The lowest BCUT2D eigenvalue weighted by Gasteiger charge is -2.04. The number of rotatable bonds is 14. The van der Waals surface area contributed by atoms with Crippen molar-refractivity contribution in [3.63, 3.8) is 0 Å². The van der Waals surface area contributed by atoms with Gasteiger partial charge in [0.25, 0.3) is 0 Å². The maximum absolute atomic E-state index is 2.37. The van der Waals surface area contributed by atoms with Crippen LogP contribution < -0.4 is 4.57 Å². The summed E-state index contributed by atoms with van der Waals surface area (Å²) in [6.45, 7) is 8.00. The summed E-state index contributed by atoms with van der Waals surface area (Å²) in [7, 11) is 0. The van der Waals surface area contributed by atoms with E-state index < -0.39 is 0 Å². The maximum atomic E-state index is 2.37. The van der Waals surface area contributed by atoms with E-state index in [9.17, 15) is 0 Å². The molecule has 0 aliphatic carbocycles. The molecule has 0 amide bonds. The van der Waals surface area contributed by atoms with E-state index in [1.807, 2.05) is 0 Å². The molecule has 0 saturated carbocycles. The van der Waals surface area contributed by atoms with Crippen molar-refractivity contribution >= 4 is 0 Å². The molecule has 0 aromatic carbocycles. The highest BCUT2D eigenvalue weighted by Crippen LogP contribution is 2.12. The van der Waals surface area contributed by atoms with Gasteiger partial charge in [-0.15, -0.1) is 0 Å². The number of aromatic nitrogens is 1. The number of nitrogens with zero attached hydrogens (tertiary/aromatic N) is 1. The minimum Gasteiger partial charge on any atom is -0.205 e. The number of hydrogen-bond donors (Lipinski definition) is 0. The summed E-state index contributed by atoms with van der Waals surface area (Å²) in [5, 5.41) is 0. The van der Waals surface area contributed by atoms with Crippen molar-refractivity contribution in [1.82, 2.24) is 0 Å². The summed E-state index contributed by atoms with van der Waals surface area (Å²) in [5.74, 6) is 0.629. The van der Waals surface area contributed by atoms with Crippen molar-refractivity contribution < 1.29 is 4.57 Å². The second-order valence-electron chi connectivity index (χ2n) is 7.42. The summed E-state index contributed by atoms with van der Waals surface area (Å²) < 4.78 is 2.37. The summed E-state index contributed by atoms with van der Waals surface area (Å²) in [6, 6.07) is 4.43. The molecule has 132 valence electrons. The number of aryl methyl sites for hydroxylation is 1. The van der Waals surface area contributed by atoms with Crippen LogP contribution in [0.1, 0.15) is 109 Å². The Morgan fingerprint density at radius 1 is 0.783 bits per heavy atom. The Bertz CT molecular complexity index is 383. The van der Waals surface area contributed by atoms with Crippen LogP contribution in [-0.4, -0.2) is 0 Å². The Morgan fingerprint density at radius 3 is 1.83 bits per heavy atom. The molecular weight excluding hydrogens is 278 g/mol. The summed E-state index contributed by atoms with van der Waals surface area (Å²) in [5.41, 5.74) is 1.45. The third kappa shape index (κ3) is 10.5. The van der Waals surface area contributed by atoms with Gasteiger partial charge in [0.1, 0.15) is 6.54 Å². The first kappa shape index (κ1) is 20.2. The van der Waals surface area contributed by atoms with E-state index in [1.165, 1.54) is 89.2 Å². The summed E-state index contributed by atoms with van der Waals surface area (Å²) in [4.78, 5) is 0. The van der Waals surface area contributed by atoms with Gasteiger partial charge in [0, 0.05) is 18.1 Å². The fourth-order valence-corrected chi connectivity index (χ4v) is 3.16. The average molecular weight is 319 g/mol. The molecule has 23 heavy (non-hydrogen) atoms. The Labute approximate surface area is 145 Å². The monoisotopic (exact) mass is 318 g/mol. The lowest BCUT2D eigenvalue weighted by Crippen LogP contribution is -2.33. The van der Waals surface area contributed by atoms with Gasteiger partial charge in [-0.1, -0.05) is 85.0 Å². The molecule has 1 aromatic rings. The van der Waals surface area contributed by atoms with Crippen LogP contribution in [0.2, 0.25) is 0 Å². The minimum absolute atomic E-state index is 0.629. The molecule has 1 heterocycles. The van der Waals surface area contributed by atoms with Crippen molar-refractivity contribution in [2.75, 3.05) is 0 Å². The van der Waals surface area contributed by atoms with Crippen molar-refractivity contribution in [3.05, 3.63) is 30.1 Å². The highest BCUT2D eigenvalue weighted by molar-refractivity contribution is 5.09. The zero-order valence-electron chi connectivity index (χ0n) is 16.0. The van der Waals surface area contributed by atoms with E-state index >= 15 is 0 Å². The van der Waals surface area contributed by atoms with Gasteiger partial charge in [-0.2, -0.15) is 0 Å². The average Bonchev–Trinajstić information content (AvgIpc) is 2.56. The lowest BCUT2D eigenvalue weighted by atomic mass is 10.0. The molecule has 0 fully saturated rings. The summed E-state index contributed by atoms with van der Waals surface area (Å²) >= 11 is 0. The molecule has 0 radical (unpaired) electrons. The normalized spacial score (nSPS) is 11.3. The van der Waals surface area contributed by atoms with Gasteiger partial charge in [-0.3, -0.25) is 0 Å². The van der Waals surface area contributed by atoms with Crippen LogP contribution in [0.5, 0.6) is 0 Å². The first-order chi connectivity index (χ1) is 11.2. The molecule has 0 atom stereocenters. The Hall–Kier alpha value is -0.850. The molecule has 0 aliphatic heterocycles. The molecule has 0 saturated heterocycles. The Balaban J connectivity index is 1.93. The summed E-state index contributed by atoms with van der Waals surface area (Å²) in [6.07, 6.45) is 21.6. The first-order valence-corrected chi connectivity index (χ1v) is 10.2. The van der Waals surface area contributed by atoms with Gasteiger partial charge in [-0.05, 0) is 18.4 Å². The Morgan fingerprint density at radius 2 is 1.30 bits per heavy atom.